The third-order valence-corrected chi connectivity index (χ3v) is 7.58. The molecular formula is C24H25N3O3S. The van der Waals surface area contributed by atoms with Gasteiger partial charge in [-0.3, -0.25) is 0 Å². The monoisotopic (exact) mass is 435 g/mol. The van der Waals surface area contributed by atoms with Crippen LogP contribution in [0.15, 0.2) is 71.8 Å². The number of aromatic nitrogens is 1. The van der Waals surface area contributed by atoms with Gasteiger partial charge in [0.05, 0.1) is 10.1 Å². The minimum atomic E-state index is -3.30. The minimum absolute atomic E-state index is 0.231. The van der Waals surface area contributed by atoms with Crippen molar-refractivity contribution in [3.05, 3.63) is 78.0 Å². The largest absolute Gasteiger partial charge is 0.508 e. The lowest BCUT2D eigenvalue weighted by atomic mass is 10.1. The molecule has 1 aliphatic heterocycles. The molecule has 2 aromatic carbocycles. The van der Waals surface area contributed by atoms with Crippen molar-refractivity contribution >= 4 is 33.5 Å². The Morgan fingerprint density at radius 2 is 1.71 bits per heavy atom. The molecule has 0 radical (unpaired) electrons. The summed E-state index contributed by atoms with van der Waals surface area (Å²) in [6.07, 6.45) is 6.88. The zero-order valence-corrected chi connectivity index (χ0v) is 17.8. The fourth-order valence-electron chi connectivity index (χ4n) is 3.57. The molecule has 2 heterocycles. The van der Waals surface area contributed by atoms with Crippen LogP contribution in [0.2, 0.25) is 0 Å². The van der Waals surface area contributed by atoms with E-state index >= 15 is 0 Å². The molecule has 0 saturated carbocycles. The Balaban J connectivity index is 1.40. The number of nitrogens with zero attached hydrogens (tertiary/aromatic N) is 1. The van der Waals surface area contributed by atoms with Crippen LogP contribution in [0.1, 0.15) is 24.0 Å². The fraction of sp³-hybridized carbons (Fsp3) is 0.208. The zero-order chi connectivity index (χ0) is 21.7. The number of phenolic OH excluding ortho intramolecular Hbond substituents is 1. The molecule has 4 rings (SSSR count). The Morgan fingerprint density at radius 3 is 2.39 bits per heavy atom. The molecule has 1 fully saturated rings. The van der Waals surface area contributed by atoms with Gasteiger partial charge in [-0.05, 0) is 85.6 Å². The fourth-order valence-corrected chi connectivity index (χ4v) is 5.33. The first-order chi connectivity index (χ1) is 15.0. The Morgan fingerprint density at radius 1 is 0.968 bits per heavy atom. The van der Waals surface area contributed by atoms with Crippen LogP contribution < -0.4 is 10.6 Å². The highest BCUT2D eigenvalue weighted by Gasteiger charge is 2.28. The molecular weight excluding hydrogens is 410 g/mol. The van der Waals surface area contributed by atoms with E-state index in [1.54, 1.807) is 48.7 Å². The number of hydrogen-bond donors (Lipinski definition) is 3. The maximum atomic E-state index is 12.8. The molecule has 3 aromatic rings. The van der Waals surface area contributed by atoms with Gasteiger partial charge in [0, 0.05) is 11.9 Å². The second kappa shape index (κ2) is 9.32. The molecule has 0 amide bonds. The van der Waals surface area contributed by atoms with E-state index in [-0.39, 0.29) is 11.0 Å². The Labute approximate surface area is 182 Å². The van der Waals surface area contributed by atoms with Gasteiger partial charge in [0.15, 0.2) is 9.84 Å². The highest BCUT2D eigenvalue weighted by molar-refractivity contribution is 7.92. The van der Waals surface area contributed by atoms with Gasteiger partial charge in [0.2, 0.25) is 0 Å². The number of aromatic hydroxyl groups is 1. The van der Waals surface area contributed by atoms with E-state index in [1.165, 1.54) is 0 Å². The summed E-state index contributed by atoms with van der Waals surface area (Å²) in [6, 6.07) is 17.7. The van der Waals surface area contributed by atoms with Crippen LogP contribution in [0.25, 0.3) is 12.2 Å². The van der Waals surface area contributed by atoms with Crippen molar-refractivity contribution in [2.75, 3.05) is 18.4 Å². The topological polar surface area (TPSA) is 91.3 Å². The average Bonchev–Trinajstić information content (AvgIpc) is 2.80. The number of nitrogens with one attached hydrogen (secondary N) is 2. The van der Waals surface area contributed by atoms with E-state index in [2.05, 4.69) is 15.6 Å². The normalized spacial score (nSPS) is 15.2. The van der Waals surface area contributed by atoms with Crippen LogP contribution in [0.5, 0.6) is 5.75 Å². The summed E-state index contributed by atoms with van der Waals surface area (Å²) < 4.78 is 25.6. The molecule has 0 bridgehead atoms. The van der Waals surface area contributed by atoms with Crippen molar-refractivity contribution in [1.82, 2.24) is 10.3 Å². The summed E-state index contributed by atoms with van der Waals surface area (Å²) in [6.45, 7) is 1.49. The SMILES string of the molecule is O=S(=O)(c1ccc(Nc2ccc(/C=C/c3cccc(O)c3)cn2)cc1)C1CCNCC1. The summed E-state index contributed by atoms with van der Waals surface area (Å²) in [5, 5.41) is 15.6. The maximum Gasteiger partial charge on any atom is 0.181 e. The van der Waals surface area contributed by atoms with Gasteiger partial charge in [-0.1, -0.05) is 24.3 Å². The van der Waals surface area contributed by atoms with Gasteiger partial charge in [-0.2, -0.15) is 0 Å². The number of anilines is 2. The number of pyridine rings is 1. The molecule has 31 heavy (non-hydrogen) atoms. The molecule has 1 aliphatic rings. The highest BCUT2D eigenvalue weighted by Crippen LogP contribution is 2.24. The third-order valence-electron chi connectivity index (χ3n) is 5.31. The predicted molar refractivity (Wildman–Crippen MR) is 124 cm³/mol. The Hall–Kier alpha value is -3.16. The summed E-state index contributed by atoms with van der Waals surface area (Å²) in [4.78, 5) is 4.78. The molecule has 3 N–H and O–H groups in total. The van der Waals surface area contributed by atoms with Crippen LogP contribution in [0.3, 0.4) is 0 Å². The van der Waals surface area contributed by atoms with Crippen molar-refractivity contribution in [1.29, 1.82) is 0 Å². The van der Waals surface area contributed by atoms with Gasteiger partial charge in [0.1, 0.15) is 11.6 Å². The average molecular weight is 436 g/mol. The first-order valence-corrected chi connectivity index (χ1v) is 11.8. The lowest BCUT2D eigenvalue weighted by Gasteiger charge is -2.22. The molecule has 1 aromatic heterocycles. The Kier molecular flexibility index (Phi) is 6.34. The number of phenols is 1. The van der Waals surface area contributed by atoms with Crippen molar-refractivity contribution in [3.63, 3.8) is 0 Å². The maximum absolute atomic E-state index is 12.8. The van der Waals surface area contributed by atoms with Gasteiger partial charge in [0.25, 0.3) is 0 Å². The lowest BCUT2D eigenvalue weighted by Crippen LogP contribution is -2.35. The molecule has 0 unspecified atom stereocenters. The molecule has 0 atom stereocenters. The highest BCUT2D eigenvalue weighted by atomic mass is 32.2. The van der Waals surface area contributed by atoms with E-state index in [4.69, 9.17) is 0 Å². The number of benzene rings is 2. The van der Waals surface area contributed by atoms with Crippen LogP contribution in [-0.2, 0) is 9.84 Å². The summed E-state index contributed by atoms with van der Waals surface area (Å²) in [7, 11) is -3.30. The summed E-state index contributed by atoms with van der Waals surface area (Å²) in [5.41, 5.74) is 2.61. The second-order valence-corrected chi connectivity index (χ2v) is 9.78. The van der Waals surface area contributed by atoms with Crippen molar-refractivity contribution < 1.29 is 13.5 Å². The molecule has 0 aliphatic carbocycles. The number of piperidine rings is 1. The van der Waals surface area contributed by atoms with Crippen molar-refractivity contribution in [2.24, 2.45) is 0 Å². The first kappa shape index (κ1) is 21.1. The number of hydrogen-bond acceptors (Lipinski definition) is 6. The third kappa shape index (κ3) is 5.31. The van der Waals surface area contributed by atoms with Crippen molar-refractivity contribution in [2.45, 2.75) is 23.0 Å². The molecule has 1 saturated heterocycles. The number of sulfone groups is 1. The van der Waals surface area contributed by atoms with Crippen LogP contribution in [-0.4, -0.2) is 36.8 Å². The predicted octanol–water partition coefficient (Wildman–Crippen LogP) is 4.23. The summed E-state index contributed by atoms with van der Waals surface area (Å²) >= 11 is 0. The Bertz CT molecular complexity index is 1150. The van der Waals surface area contributed by atoms with Gasteiger partial charge < -0.3 is 15.7 Å². The quantitative estimate of drug-likeness (QED) is 0.537. The van der Waals surface area contributed by atoms with Crippen molar-refractivity contribution in [3.8, 4) is 5.75 Å². The minimum Gasteiger partial charge on any atom is -0.508 e. The van der Waals surface area contributed by atoms with Crippen LogP contribution in [0.4, 0.5) is 11.5 Å². The summed E-state index contributed by atoms with van der Waals surface area (Å²) in [5.74, 6) is 0.901. The van der Waals surface area contributed by atoms with Gasteiger partial charge in [-0.15, -0.1) is 0 Å². The smallest absolute Gasteiger partial charge is 0.181 e. The van der Waals surface area contributed by atoms with Crippen LogP contribution in [0, 0.1) is 0 Å². The number of rotatable bonds is 6. The molecule has 6 nitrogen and oxygen atoms in total. The lowest BCUT2D eigenvalue weighted by molar-refractivity contribution is 0.475. The van der Waals surface area contributed by atoms with E-state index in [0.717, 1.165) is 29.9 Å². The zero-order valence-electron chi connectivity index (χ0n) is 17.0. The van der Waals surface area contributed by atoms with E-state index in [1.807, 2.05) is 30.4 Å². The van der Waals surface area contributed by atoms with Gasteiger partial charge >= 0.3 is 0 Å². The van der Waals surface area contributed by atoms with E-state index < -0.39 is 9.84 Å². The second-order valence-electron chi connectivity index (χ2n) is 7.55. The molecule has 0 spiro atoms. The standard InChI is InChI=1S/C24H25N3O3S/c28-21-3-1-2-18(16-21)4-5-19-6-11-24(26-17-19)27-20-7-9-22(10-8-20)31(29,30)23-12-14-25-15-13-23/h1-11,16-17,23,25,28H,12-15H2,(H,26,27)/b5-4+. The van der Waals surface area contributed by atoms with Crippen LogP contribution >= 0.6 is 0 Å². The molecule has 7 heteroatoms. The first-order valence-electron chi connectivity index (χ1n) is 10.3. The molecule has 160 valence electrons. The van der Waals surface area contributed by atoms with E-state index in [0.29, 0.717) is 23.6 Å². The van der Waals surface area contributed by atoms with Gasteiger partial charge in [-0.25, -0.2) is 13.4 Å². The van der Waals surface area contributed by atoms with E-state index in [9.17, 15) is 13.5 Å².